The fourth-order valence-corrected chi connectivity index (χ4v) is 3.74. The molecule has 1 aromatic carbocycles. The number of aryl methyl sites for hydroxylation is 1. The third-order valence-electron chi connectivity index (χ3n) is 4.69. The Bertz CT molecular complexity index is 602. The number of nitrogens with zero attached hydrogens (tertiary/aromatic N) is 2. The quantitative estimate of drug-likeness (QED) is 0.924. The van der Waals surface area contributed by atoms with E-state index in [2.05, 4.69) is 66.1 Å². The predicted octanol–water partition coefficient (Wildman–Crippen LogP) is 3.84. The fourth-order valence-electron chi connectivity index (χ4n) is 3.74. The Morgan fingerprint density at radius 3 is 2.71 bits per heavy atom. The molecule has 3 atom stereocenters. The van der Waals surface area contributed by atoms with Crippen LogP contribution < -0.4 is 5.32 Å². The molecule has 3 heteroatoms. The summed E-state index contributed by atoms with van der Waals surface area (Å²) in [6, 6.07) is 9.72. The van der Waals surface area contributed by atoms with Crippen LogP contribution >= 0.6 is 0 Å². The minimum absolute atomic E-state index is 0.377. The largest absolute Gasteiger partial charge is 0.330 e. The summed E-state index contributed by atoms with van der Waals surface area (Å²) in [5, 5.41) is 3.70. The topological polar surface area (TPSA) is 29.9 Å². The Kier molecular flexibility index (Phi) is 4.11. The molecule has 1 heterocycles. The molecule has 1 aliphatic carbocycles. The van der Waals surface area contributed by atoms with E-state index in [-0.39, 0.29) is 0 Å². The van der Waals surface area contributed by atoms with Crippen LogP contribution in [0.4, 0.5) is 0 Å². The van der Waals surface area contributed by atoms with Gasteiger partial charge in [0.2, 0.25) is 0 Å². The molecule has 3 rings (SSSR count). The van der Waals surface area contributed by atoms with E-state index in [1.54, 1.807) is 0 Å². The lowest BCUT2D eigenvalue weighted by atomic mass is 9.77. The lowest BCUT2D eigenvalue weighted by Gasteiger charge is -2.38. The van der Waals surface area contributed by atoms with Crippen molar-refractivity contribution in [3.8, 4) is 0 Å². The number of fused-ring (bicyclic) bond motifs is 1. The van der Waals surface area contributed by atoms with Crippen LogP contribution in [0, 0.1) is 0 Å². The minimum Gasteiger partial charge on any atom is -0.330 e. The van der Waals surface area contributed by atoms with Gasteiger partial charge in [0, 0.05) is 18.8 Å². The van der Waals surface area contributed by atoms with E-state index in [0.717, 1.165) is 19.4 Å². The van der Waals surface area contributed by atoms with E-state index in [4.69, 9.17) is 0 Å². The SMILES string of the molecule is CCNC1c2ccccc2C(C)CC1n1ccnc1CC. The summed E-state index contributed by atoms with van der Waals surface area (Å²) < 4.78 is 2.39. The Hall–Kier alpha value is -1.61. The van der Waals surface area contributed by atoms with Gasteiger partial charge in [0.05, 0.1) is 12.1 Å². The lowest BCUT2D eigenvalue weighted by Crippen LogP contribution is -2.35. The van der Waals surface area contributed by atoms with Gasteiger partial charge in [-0.15, -0.1) is 0 Å². The Morgan fingerprint density at radius 1 is 1.24 bits per heavy atom. The number of hydrogen-bond donors (Lipinski definition) is 1. The van der Waals surface area contributed by atoms with Crippen molar-refractivity contribution < 1.29 is 0 Å². The maximum atomic E-state index is 4.52. The Balaban J connectivity index is 2.05. The molecule has 0 saturated heterocycles. The van der Waals surface area contributed by atoms with Gasteiger partial charge in [-0.3, -0.25) is 0 Å². The maximum absolute atomic E-state index is 4.52. The third-order valence-corrected chi connectivity index (χ3v) is 4.69. The molecule has 2 aromatic rings. The first-order valence-electron chi connectivity index (χ1n) is 8.10. The van der Waals surface area contributed by atoms with Gasteiger partial charge in [0.25, 0.3) is 0 Å². The van der Waals surface area contributed by atoms with Crippen LogP contribution in [0.3, 0.4) is 0 Å². The molecule has 3 unspecified atom stereocenters. The van der Waals surface area contributed by atoms with Crippen molar-refractivity contribution in [2.24, 2.45) is 0 Å². The number of likely N-dealkylation sites (N-methyl/N-ethyl adjacent to an activating group) is 1. The number of rotatable bonds is 4. The van der Waals surface area contributed by atoms with Gasteiger partial charge in [-0.1, -0.05) is 45.0 Å². The van der Waals surface area contributed by atoms with E-state index in [1.807, 2.05) is 6.20 Å². The second-order valence-corrected chi connectivity index (χ2v) is 5.97. The Labute approximate surface area is 127 Å². The van der Waals surface area contributed by atoms with Crippen LogP contribution in [-0.2, 0) is 6.42 Å². The summed E-state index contributed by atoms with van der Waals surface area (Å²) in [6.07, 6.45) is 6.23. The highest BCUT2D eigenvalue weighted by Crippen LogP contribution is 2.43. The van der Waals surface area contributed by atoms with Gasteiger partial charge < -0.3 is 9.88 Å². The van der Waals surface area contributed by atoms with Crippen molar-refractivity contribution in [2.75, 3.05) is 6.54 Å². The zero-order chi connectivity index (χ0) is 14.8. The molecule has 1 aromatic heterocycles. The summed E-state index contributed by atoms with van der Waals surface area (Å²) >= 11 is 0. The van der Waals surface area contributed by atoms with Crippen LogP contribution in [0.5, 0.6) is 0 Å². The van der Waals surface area contributed by atoms with E-state index < -0.39 is 0 Å². The summed E-state index contributed by atoms with van der Waals surface area (Å²) in [5.74, 6) is 1.78. The van der Waals surface area contributed by atoms with Crippen LogP contribution in [0.1, 0.15) is 62.1 Å². The summed E-state index contributed by atoms with van der Waals surface area (Å²) in [6.45, 7) is 7.70. The molecule has 0 saturated carbocycles. The number of benzene rings is 1. The van der Waals surface area contributed by atoms with Crippen molar-refractivity contribution in [1.82, 2.24) is 14.9 Å². The standard InChI is InChI=1S/C18H25N3/c1-4-17-20-10-11-21(17)16-12-13(3)14-8-6-7-9-15(14)18(16)19-5-2/h6-11,13,16,18-19H,4-5,12H2,1-3H3. The molecule has 21 heavy (non-hydrogen) atoms. The fraction of sp³-hybridized carbons (Fsp3) is 0.500. The zero-order valence-electron chi connectivity index (χ0n) is 13.2. The summed E-state index contributed by atoms with van der Waals surface area (Å²) in [5.41, 5.74) is 2.96. The smallest absolute Gasteiger partial charge is 0.108 e. The first-order valence-corrected chi connectivity index (χ1v) is 8.10. The van der Waals surface area contributed by atoms with Gasteiger partial charge in [0.1, 0.15) is 5.82 Å². The summed E-state index contributed by atoms with van der Waals surface area (Å²) in [7, 11) is 0. The average molecular weight is 283 g/mol. The van der Waals surface area contributed by atoms with Crippen LogP contribution in [0.25, 0.3) is 0 Å². The molecule has 0 spiro atoms. The van der Waals surface area contributed by atoms with Gasteiger partial charge in [0.15, 0.2) is 0 Å². The van der Waals surface area contributed by atoms with E-state index in [9.17, 15) is 0 Å². The maximum Gasteiger partial charge on any atom is 0.108 e. The normalized spacial score (nSPS) is 24.8. The molecular formula is C18H25N3. The molecule has 3 nitrogen and oxygen atoms in total. The molecule has 0 bridgehead atoms. The van der Waals surface area contributed by atoms with Crippen LogP contribution in [0.15, 0.2) is 36.7 Å². The molecule has 0 aliphatic heterocycles. The van der Waals surface area contributed by atoms with Gasteiger partial charge in [-0.25, -0.2) is 4.98 Å². The highest BCUT2D eigenvalue weighted by Gasteiger charge is 2.34. The molecule has 112 valence electrons. The second-order valence-electron chi connectivity index (χ2n) is 5.97. The molecule has 1 aliphatic rings. The van der Waals surface area contributed by atoms with E-state index in [1.165, 1.54) is 17.0 Å². The molecule has 0 radical (unpaired) electrons. The molecule has 0 fully saturated rings. The minimum atomic E-state index is 0.377. The van der Waals surface area contributed by atoms with Crippen molar-refractivity contribution in [2.45, 2.75) is 51.6 Å². The number of imidazole rings is 1. The first-order chi connectivity index (χ1) is 10.3. The van der Waals surface area contributed by atoms with Crippen LogP contribution in [-0.4, -0.2) is 16.1 Å². The molecule has 1 N–H and O–H groups in total. The van der Waals surface area contributed by atoms with Crippen molar-refractivity contribution in [3.05, 3.63) is 53.6 Å². The van der Waals surface area contributed by atoms with Crippen LogP contribution in [0.2, 0.25) is 0 Å². The van der Waals surface area contributed by atoms with Gasteiger partial charge in [-0.05, 0) is 30.0 Å². The number of nitrogens with one attached hydrogen (secondary N) is 1. The molecule has 0 amide bonds. The van der Waals surface area contributed by atoms with Crippen molar-refractivity contribution in [1.29, 1.82) is 0 Å². The first kappa shape index (κ1) is 14.3. The second kappa shape index (κ2) is 6.02. The predicted molar refractivity (Wildman–Crippen MR) is 86.5 cm³/mol. The molecular weight excluding hydrogens is 258 g/mol. The lowest BCUT2D eigenvalue weighted by molar-refractivity contribution is 0.296. The third kappa shape index (κ3) is 2.51. The highest BCUT2D eigenvalue weighted by atomic mass is 15.1. The Morgan fingerprint density at radius 2 is 2.00 bits per heavy atom. The van der Waals surface area contributed by atoms with E-state index in [0.29, 0.717) is 18.0 Å². The van der Waals surface area contributed by atoms with Crippen molar-refractivity contribution in [3.63, 3.8) is 0 Å². The van der Waals surface area contributed by atoms with E-state index >= 15 is 0 Å². The van der Waals surface area contributed by atoms with Gasteiger partial charge >= 0.3 is 0 Å². The highest BCUT2D eigenvalue weighted by molar-refractivity contribution is 5.36. The average Bonchev–Trinajstić information content (AvgIpc) is 2.98. The number of aromatic nitrogens is 2. The zero-order valence-corrected chi connectivity index (χ0v) is 13.2. The number of hydrogen-bond acceptors (Lipinski definition) is 2. The van der Waals surface area contributed by atoms with Crippen molar-refractivity contribution >= 4 is 0 Å². The summed E-state index contributed by atoms with van der Waals surface area (Å²) in [4.78, 5) is 4.52. The monoisotopic (exact) mass is 283 g/mol. The van der Waals surface area contributed by atoms with Gasteiger partial charge in [-0.2, -0.15) is 0 Å².